The van der Waals surface area contributed by atoms with Crippen LogP contribution in [0.25, 0.3) is 0 Å². The predicted molar refractivity (Wildman–Crippen MR) is 50.0 cm³/mol. The van der Waals surface area contributed by atoms with E-state index in [2.05, 4.69) is 10.3 Å². The van der Waals surface area contributed by atoms with Crippen LogP contribution in [0.2, 0.25) is 0 Å². The van der Waals surface area contributed by atoms with Crippen LogP contribution in [0.1, 0.15) is 20.8 Å². The number of aliphatic imine (C=N–C) groups is 1. The fourth-order valence-corrected chi connectivity index (χ4v) is 0.733. The molecule has 0 aliphatic carbocycles. The zero-order valence-electron chi connectivity index (χ0n) is 8.14. The Morgan fingerprint density at radius 3 is 2.42 bits per heavy atom. The monoisotopic (exact) mass is 171 g/mol. The van der Waals surface area contributed by atoms with Gasteiger partial charge in [0.25, 0.3) is 0 Å². The first-order valence-corrected chi connectivity index (χ1v) is 3.89. The highest BCUT2D eigenvalue weighted by molar-refractivity contribution is 5.82. The molecule has 0 heterocycles. The van der Waals surface area contributed by atoms with E-state index in [4.69, 9.17) is 5.73 Å². The van der Waals surface area contributed by atoms with Crippen LogP contribution in [0.15, 0.2) is 4.99 Å². The highest BCUT2D eigenvalue weighted by Crippen LogP contribution is 2.14. The van der Waals surface area contributed by atoms with Crippen molar-refractivity contribution in [3.8, 4) is 0 Å². The van der Waals surface area contributed by atoms with Gasteiger partial charge in [0.05, 0.1) is 17.8 Å². The Kier molecular flexibility index (Phi) is 3.73. The molecule has 0 rings (SSSR count). The Labute approximate surface area is 73.2 Å². The third kappa shape index (κ3) is 3.37. The van der Waals surface area contributed by atoms with E-state index in [0.717, 1.165) is 0 Å². The summed E-state index contributed by atoms with van der Waals surface area (Å²) in [5, 5.41) is 2.58. The van der Waals surface area contributed by atoms with E-state index in [1.807, 2.05) is 13.8 Å². The van der Waals surface area contributed by atoms with Gasteiger partial charge in [-0.1, -0.05) is 0 Å². The highest BCUT2D eigenvalue weighted by Gasteiger charge is 2.25. The van der Waals surface area contributed by atoms with Crippen molar-refractivity contribution in [3.63, 3.8) is 0 Å². The second-order valence-electron chi connectivity index (χ2n) is 3.42. The lowest BCUT2D eigenvalue weighted by molar-refractivity contribution is -0.128. The van der Waals surface area contributed by atoms with E-state index in [0.29, 0.717) is 12.4 Å². The van der Waals surface area contributed by atoms with E-state index in [1.165, 1.54) is 0 Å². The van der Waals surface area contributed by atoms with Crippen molar-refractivity contribution in [1.29, 1.82) is 0 Å². The van der Waals surface area contributed by atoms with Crippen molar-refractivity contribution in [2.75, 3.05) is 13.6 Å². The molecule has 0 aromatic carbocycles. The van der Waals surface area contributed by atoms with Gasteiger partial charge in [-0.2, -0.15) is 0 Å². The second-order valence-corrected chi connectivity index (χ2v) is 3.42. The number of carbonyl (C=O) groups excluding carboxylic acids is 1. The van der Waals surface area contributed by atoms with Gasteiger partial charge < -0.3 is 11.1 Å². The zero-order valence-corrected chi connectivity index (χ0v) is 8.14. The number of nitrogens with two attached hydrogens (primary N) is 1. The third-order valence-electron chi connectivity index (χ3n) is 1.57. The van der Waals surface area contributed by atoms with Gasteiger partial charge in [-0.3, -0.25) is 9.79 Å². The molecule has 0 saturated heterocycles. The summed E-state index contributed by atoms with van der Waals surface area (Å²) in [5.74, 6) is 0.486. The maximum absolute atomic E-state index is 11.2. The minimum absolute atomic E-state index is 0.0208. The van der Waals surface area contributed by atoms with Crippen molar-refractivity contribution in [2.24, 2.45) is 16.1 Å². The number of hydrogen-bond acceptors (Lipinski definition) is 2. The van der Waals surface area contributed by atoms with Crippen LogP contribution < -0.4 is 11.1 Å². The average Bonchev–Trinajstić information content (AvgIpc) is 1.99. The summed E-state index contributed by atoms with van der Waals surface area (Å²) in [6.45, 7) is 5.80. The Morgan fingerprint density at radius 2 is 2.08 bits per heavy atom. The lowest BCUT2D eigenvalue weighted by Gasteiger charge is -2.19. The lowest BCUT2D eigenvalue weighted by atomic mass is 9.93. The fraction of sp³-hybridized carbons (Fsp3) is 0.750. The summed E-state index contributed by atoms with van der Waals surface area (Å²) in [6.07, 6.45) is 0. The minimum Gasteiger partial charge on any atom is -0.388 e. The Morgan fingerprint density at radius 1 is 1.58 bits per heavy atom. The largest absolute Gasteiger partial charge is 0.388 e. The Balaban J connectivity index is 4.22. The number of hydrogen-bond donors (Lipinski definition) is 2. The van der Waals surface area contributed by atoms with Crippen molar-refractivity contribution in [3.05, 3.63) is 0 Å². The van der Waals surface area contributed by atoms with Crippen LogP contribution >= 0.6 is 0 Å². The van der Waals surface area contributed by atoms with E-state index < -0.39 is 5.41 Å². The maximum atomic E-state index is 11.2. The molecule has 0 aliphatic rings. The lowest BCUT2D eigenvalue weighted by Crippen LogP contribution is -2.37. The average molecular weight is 171 g/mol. The molecule has 0 atom stereocenters. The molecular weight excluding hydrogens is 154 g/mol. The highest BCUT2D eigenvalue weighted by atomic mass is 16.2. The van der Waals surface area contributed by atoms with Crippen molar-refractivity contribution >= 4 is 11.7 Å². The van der Waals surface area contributed by atoms with Gasteiger partial charge in [-0.15, -0.1) is 0 Å². The molecule has 1 amide bonds. The standard InChI is InChI=1S/C8H17N3O/c1-6(9)11-5-8(2,3)7(12)10-4/h5H2,1-4H3,(H2,9,11)(H,10,12). The molecular formula is C8H17N3O. The summed E-state index contributed by atoms with van der Waals surface area (Å²) in [5.41, 5.74) is 4.88. The van der Waals surface area contributed by atoms with Gasteiger partial charge in [0.15, 0.2) is 0 Å². The normalized spacial score (nSPS) is 12.8. The van der Waals surface area contributed by atoms with Crippen LogP contribution in [0, 0.1) is 5.41 Å². The number of nitrogens with zero attached hydrogens (tertiary/aromatic N) is 1. The Hall–Kier alpha value is -1.06. The van der Waals surface area contributed by atoms with Gasteiger partial charge >= 0.3 is 0 Å². The molecule has 0 fully saturated rings. The molecule has 0 aliphatic heterocycles. The molecule has 0 radical (unpaired) electrons. The fourth-order valence-electron chi connectivity index (χ4n) is 0.733. The van der Waals surface area contributed by atoms with E-state index in [1.54, 1.807) is 14.0 Å². The quantitative estimate of drug-likeness (QED) is 0.468. The molecule has 12 heavy (non-hydrogen) atoms. The topological polar surface area (TPSA) is 67.5 Å². The Bertz CT molecular complexity index is 192. The molecule has 4 heteroatoms. The molecule has 0 saturated carbocycles. The van der Waals surface area contributed by atoms with Gasteiger partial charge in [0.1, 0.15) is 0 Å². The van der Waals surface area contributed by atoms with Crippen molar-refractivity contribution in [2.45, 2.75) is 20.8 Å². The second kappa shape index (κ2) is 4.09. The van der Waals surface area contributed by atoms with Crippen LogP contribution in [-0.2, 0) is 4.79 Å². The number of amides is 1. The predicted octanol–water partition coefficient (Wildman–Crippen LogP) is 0.136. The van der Waals surface area contributed by atoms with E-state index in [-0.39, 0.29) is 5.91 Å². The summed E-state index contributed by atoms with van der Waals surface area (Å²) >= 11 is 0. The molecule has 4 nitrogen and oxygen atoms in total. The number of amidine groups is 1. The van der Waals surface area contributed by atoms with Crippen LogP contribution in [0.5, 0.6) is 0 Å². The summed E-state index contributed by atoms with van der Waals surface area (Å²) in [4.78, 5) is 15.2. The van der Waals surface area contributed by atoms with Crippen molar-refractivity contribution < 1.29 is 4.79 Å². The van der Waals surface area contributed by atoms with Gasteiger partial charge in [0, 0.05) is 7.05 Å². The first-order valence-electron chi connectivity index (χ1n) is 3.89. The summed E-state index contributed by atoms with van der Waals surface area (Å²) < 4.78 is 0. The zero-order chi connectivity index (χ0) is 9.78. The number of rotatable bonds is 3. The molecule has 0 bridgehead atoms. The summed E-state index contributed by atoms with van der Waals surface area (Å²) in [6, 6.07) is 0. The van der Waals surface area contributed by atoms with Crippen LogP contribution in [0.3, 0.4) is 0 Å². The number of carbonyl (C=O) groups is 1. The third-order valence-corrected chi connectivity index (χ3v) is 1.57. The number of nitrogens with one attached hydrogen (secondary N) is 1. The first-order chi connectivity index (χ1) is 5.40. The molecule has 0 aromatic rings. The molecule has 0 unspecified atom stereocenters. The molecule has 70 valence electrons. The van der Waals surface area contributed by atoms with Gasteiger partial charge in [-0.25, -0.2) is 0 Å². The van der Waals surface area contributed by atoms with E-state index in [9.17, 15) is 4.79 Å². The molecule has 0 spiro atoms. The molecule has 0 aromatic heterocycles. The first kappa shape index (κ1) is 10.9. The van der Waals surface area contributed by atoms with Crippen molar-refractivity contribution in [1.82, 2.24) is 5.32 Å². The van der Waals surface area contributed by atoms with Gasteiger partial charge in [0.2, 0.25) is 5.91 Å². The maximum Gasteiger partial charge on any atom is 0.227 e. The van der Waals surface area contributed by atoms with Gasteiger partial charge in [-0.05, 0) is 20.8 Å². The van der Waals surface area contributed by atoms with E-state index >= 15 is 0 Å². The minimum atomic E-state index is -0.477. The smallest absolute Gasteiger partial charge is 0.227 e. The van der Waals surface area contributed by atoms with Crippen LogP contribution in [-0.4, -0.2) is 25.3 Å². The molecule has 3 N–H and O–H groups in total. The summed E-state index contributed by atoms with van der Waals surface area (Å²) in [7, 11) is 1.61. The SMILES string of the molecule is CNC(=O)C(C)(C)CN=C(C)N. The van der Waals surface area contributed by atoms with Crippen LogP contribution in [0.4, 0.5) is 0 Å².